The smallest absolute Gasteiger partial charge is 0.410 e. The molecule has 0 saturated carbocycles. The second kappa shape index (κ2) is 6.42. The van der Waals surface area contributed by atoms with Gasteiger partial charge in [-0.3, -0.25) is 0 Å². The Bertz CT molecular complexity index is 552. The number of likely N-dealkylation sites (tertiary alicyclic amines) is 1. The Kier molecular flexibility index (Phi) is 4.79. The van der Waals surface area contributed by atoms with Gasteiger partial charge in [-0.05, 0) is 45.1 Å². The van der Waals surface area contributed by atoms with Gasteiger partial charge in [-0.1, -0.05) is 30.8 Å². The van der Waals surface area contributed by atoms with Crippen LogP contribution in [0.25, 0.3) is 5.76 Å². The molecule has 4 heteroatoms. The van der Waals surface area contributed by atoms with E-state index in [1.54, 1.807) is 4.90 Å². The van der Waals surface area contributed by atoms with Crippen molar-refractivity contribution in [3.63, 3.8) is 0 Å². The fourth-order valence-corrected chi connectivity index (χ4v) is 2.82. The van der Waals surface area contributed by atoms with Crippen LogP contribution in [0.1, 0.15) is 50.7 Å². The highest BCUT2D eigenvalue weighted by Crippen LogP contribution is 2.32. The Labute approximate surface area is 132 Å². The lowest BCUT2D eigenvalue weighted by molar-refractivity contribution is 0.0204. The summed E-state index contributed by atoms with van der Waals surface area (Å²) in [5.41, 5.74) is 1.45. The first-order chi connectivity index (χ1) is 10.3. The van der Waals surface area contributed by atoms with Crippen LogP contribution in [0.5, 0.6) is 0 Å². The van der Waals surface area contributed by atoms with Crippen LogP contribution in [0.3, 0.4) is 0 Å². The number of piperidine rings is 1. The fourth-order valence-electron chi connectivity index (χ4n) is 2.82. The SMILES string of the molecule is C=C(O)c1ccccc1C1CCN(C(=O)OC(C)(C)C)CC1. The van der Waals surface area contributed by atoms with Crippen LogP contribution in [0.4, 0.5) is 4.79 Å². The molecule has 22 heavy (non-hydrogen) atoms. The van der Waals surface area contributed by atoms with Crippen LogP contribution in [0.15, 0.2) is 30.8 Å². The first-order valence-corrected chi connectivity index (χ1v) is 7.73. The van der Waals surface area contributed by atoms with Crippen LogP contribution in [0, 0.1) is 0 Å². The van der Waals surface area contributed by atoms with Crippen LogP contribution in [-0.4, -0.2) is 34.8 Å². The van der Waals surface area contributed by atoms with E-state index in [2.05, 4.69) is 6.58 Å². The molecule has 2 rings (SSSR count). The molecule has 1 amide bonds. The molecule has 0 atom stereocenters. The van der Waals surface area contributed by atoms with Crippen molar-refractivity contribution in [3.05, 3.63) is 42.0 Å². The van der Waals surface area contributed by atoms with Gasteiger partial charge >= 0.3 is 6.09 Å². The van der Waals surface area contributed by atoms with Crippen LogP contribution in [-0.2, 0) is 4.74 Å². The van der Waals surface area contributed by atoms with Crippen molar-refractivity contribution in [2.24, 2.45) is 0 Å². The van der Waals surface area contributed by atoms with Crippen molar-refractivity contribution in [3.8, 4) is 0 Å². The number of hydrogen-bond donors (Lipinski definition) is 1. The van der Waals surface area contributed by atoms with Crippen LogP contribution in [0.2, 0.25) is 0 Å². The molecule has 1 N–H and O–H groups in total. The number of ether oxygens (including phenoxy) is 1. The van der Waals surface area contributed by atoms with E-state index in [0.717, 1.165) is 24.0 Å². The summed E-state index contributed by atoms with van der Waals surface area (Å²) in [6, 6.07) is 7.79. The Morgan fingerprint density at radius 2 is 1.86 bits per heavy atom. The maximum Gasteiger partial charge on any atom is 0.410 e. The summed E-state index contributed by atoms with van der Waals surface area (Å²) in [6.45, 7) is 10.6. The predicted molar refractivity (Wildman–Crippen MR) is 87.9 cm³/mol. The molecule has 1 saturated heterocycles. The molecule has 1 aliphatic heterocycles. The normalized spacial score (nSPS) is 16.4. The topological polar surface area (TPSA) is 49.8 Å². The van der Waals surface area contributed by atoms with Crippen molar-refractivity contribution >= 4 is 11.9 Å². The minimum atomic E-state index is -0.463. The number of rotatable bonds is 2. The number of carbonyl (C=O) groups excluding carboxylic acids is 1. The first-order valence-electron chi connectivity index (χ1n) is 7.73. The minimum Gasteiger partial charge on any atom is -0.508 e. The molecular formula is C18H25NO3. The Morgan fingerprint density at radius 3 is 2.41 bits per heavy atom. The Hall–Kier alpha value is -1.97. The monoisotopic (exact) mass is 303 g/mol. The van der Waals surface area contributed by atoms with Gasteiger partial charge in [-0.15, -0.1) is 0 Å². The van der Waals surface area contributed by atoms with Gasteiger partial charge in [0.25, 0.3) is 0 Å². The summed E-state index contributed by atoms with van der Waals surface area (Å²) >= 11 is 0. The molecule has 4 nitrogen and oxygen atoms in total. The second-order valence-corrected chi connectivity index (χ2v) is 6.78. The lowest BCUT2D eigenvalue weighted by Gasteiger charge is -2.34. The minimum absolute atomic E-state index is 0.102. The maximum absolute atomic E-state index is 12.1. The number of aliphatic hydroxyl groups excluding tert-OH is 1. The van der Waals surface area contributed by atoms with E-state index in [0.29, 0.717) is 19.0 Å². The summed E-state index contributed by atoms with van der Waals surface area (Å²) in [5, 5.41) is 9.72. The summed E-state index contributed by atoms with van der Waals surface area (Å²) in [6.07, 6.45) is 1.48. The molecule has 0 radical (unpaired) electrons. The van der Waals surface area contributed by atoms with Gasteiger partial charge in [0.15, 0.2) is 0 Å². The van der Waals surface area contributed by atoms with E-state index >= 15 is 0 Å². The van der Waals surface area contributed by atoms with Crippen LogP contribution < -0.4 is 0 Å². The largest absolute Gasteiger partial charge is 0.508 e. The average Bonchev–Trinajstić information content (AvgIpc) is 2.45. The number of benzene rings is 1. The van der Waals surface area contributed by atoms with E-state index in [1.807, 2.05) is 45.0 Å². The van der Waals surface area contributed by atoms with Crippen molar-refractivity contribution < 1.29 is 14.6 Å². The quantitative estimate of drug-likeness (QED) is 0.827. The molecule has 1 aliphatic rings. The van der Waals surface area contributed by atoms with E-state index in [-0.39, 0.29) is 11.9 Å². The molecule has 1 fully saturated rings. The number of carbonyl (C=O) groups is 1. The standard InChI is InChI=1S/C18H25NO3/c1-13(20)15-7-5-6-8-16(15)14-9-11-19(12-10-14)17(21)22-18(2,3)4/h5-8,14,20H,1,9-12H2,2-4H3. The average molecular weight is 303 g/mol. The molecule has 0 spiro atoms. The van der Waals surface area contributed by atoms with Gasteiger partial charge < -0.3 is 14.7 Å². The van der Waals surface area contributed by atoms with Gasteiger partial charge in [0.1, 0.15) is 11.4 Å². The molecule has 120 valence electrons. The molecule has 1 heterocycles. The Balaban J connectivity index is 2.01. The van der Waals surface area contributed by atoms with E-state index in [1.165, 1.54) is 0 Å². The predicted octanol–water partition coefficient (Wildman–Crippen LogP) is 4.33. The van der Waals surface area contributed by atoms with E-state index < -0.39 is 5.60 Å². The molecule has 1 aromatic carbocycles. The third-order valence-corrected chi connectivity index (χ3v) is 3.86. The highest BCUT2D eigenvalue weighted by Gasteiger charge is 2.28. The summed E-state index contributed by atoms with van der Waals surface area (Å²) < 4.78 is 5.41. The van der Waals surface area contributed by atoms with Gasteiger partial charge in [0.2, 0.25) is 0 Å². The van der Waals surface area contributed by atoms with E-state index in [4.69, 9.17) is 4.74 Å². The summed E-state index contributed by atoms with van der Waals surface area (Å²) in [4.78, 5) is 13.8. The lowest BCUT2D eigenvalue weighted by atomic mass is 9.86. The van der Waals surface area contributed by atoms with Crippen molar-refractivity contribution in [2.45, 2.75) is 45.1 Å². The van der Waals surface area contributed by atoms with Crippen LogP contribution >= 0.6 is 0 Å². The Morgan fingerprint density at radius 1 is 1.27 bits per heavy atom. The molecule has 1 aromatic rings. The highest BCUT2D eigenvalue weighted by molar-refractivity contribution is 5.68. The summed E-state index contributed by atoms with van der Waals surface area (Å²) in [7, 11) is 0. The zero-order valence-corrected chi connectivity index (χ0v) is 13.6. The molecular weight excluding hydrogens is 278 g/mol. The van der Waals surface area contributed by atoms with Gasteiger partial charge in [0.05, 0.1) is 0 Å². The zero-order chi connectivity index (χ0) is 16.3. The van der Waals surface area contributed by atoms with Gasteiger partial charge in [0, 0.05) is 18.7 Å². The lowest BCUT2D eigenvalue weighted by Crippen LogP contribution is -2.41. The molecule has 0 aromatic heterocycles. The van der Waals surface area contributed by atoms with Gasteiger partial charge in [-0.2, -0.15) is 0 Å². The fraction of sp³-hybridized carbons (Fsp3) is 0.500. The van der Waals surface area contributed by atoms with Gasteiger partial charge in [-0.25, -0.2) is 4.79 Å². The van der Waals surface area contributed by atoms with Crippen molar-refractivity contribution in [2.75, 3.05) is 13.1 Å². The number of amides is 1. The third kappa shape index (κ3) is 4.03. The second-order valence-electron chi connectivity index (χ2n) is 6.78. The first kappa shape index (κ1) is 16.4. The van der Waals surface area contributed by atoms with Crippen molar-refractivity contribution in [1.29, 1.82) is 0 Å². The molecule has 0 bridgehead atoms. The highest BCUT2D eigenvalue weighted by atomic mass is 16.6. The maximum atomic E-state index is 12.1. The van der Waals surface area contributed by atoms with E-state index in [9.17, 15) is 9.90 Å². The number of hydrogen-bond acceptors (Lipinski definition) is 3. The molecule has 0 aliphatic carbocycles. The molecule has 0 unspecified atom stereocenters. The number of aliphatic hydroxyl groups is 1. The summed E-state index contributed by atoms with van der Waals surface area (Å²) in [5.74, 6) is 0.434. The zero-order valence-electron chi connectivity index (χ0n) is 13.6. The number of nitrogens with zero attached hydrogens (tertiary/aromatic N) is 1. The van der Waals surface area contributed by atoms with Crippen molar-refractivity contribution in [1.82, 2.24) is 4.90 Å². The third-order valence-electron chi connectivity index (χ3n) is 3.86.